The first-order chi connectivity index (χ1) is 10.4. The standard InChI is InChI=1S/C16H22F2N2O2/c1-11(2)9-20-3-4-22-15(10-20)8-19-16(21)12-5-13(17)7-14(18)6-12/h5-7,11,15H,3-4,8-10H2,1-2H3,(H,19,21)/t15-/m1/s1. The first-order valence-electron chi connectivity index (χ1n) is 7.52. The molecule has 2 rings (SSSR count). The van der Waals surface area contributed by atoms with Gasteiger partial charge in [-0.3, -0.25) is 9.69 Å². The van der Waals surface area contributed by atoms with E-state index in [4.69, 9.17) is 4.74 Å². The first-order valence-corrected chi connectivity index (χ1v) is 7.52. The normalized spacial score (nSPS) is 19.4. The summed E-state index contributed by atoms with van der Waals surface area (Å²) in [4.78, 5) is 14.2. The molecule has 122 valence electrons. The van der Waals surface area contributed by atoms with Crippen molar-refractivity contribution < 1.29 is 18.3 Å². The quantitative estimate of drug-likeness (QED) is 0.905. The fourth-order valence-corrected chi connectivity index (χ4v) is 2.58. The van der Waals surface area contributed by atoms with Crippen LogP contribution in [0.15, 0.2) is 18.2 Å². The van der Waals surface area contributed by atoms with Gasteiger partial charge < -0.3 is 10.1 Å². The van der Waals surface area contributed by atoms with Crippen molar-refractivity contribution in [3.63, 3.8) is 0 Å². The van der Waals surface area contributed by atoms with Crippen LogP contribution in [0.1, 0.15) is 24.2 Å². The lowest BCUT2D eigenvalue weighted by Crippen LogP contribution is -2.48. The summed E-state index contributed by atoms with van der Waals surface area (Å²) >= 11 is 0. The van der Waals surface area contributed by atoms with Crippen molar-refractivity contribution in [3.05, 3.63) is 35.4 Å². The lowest BCUT2D eigenvalue weighted by Gasteiger charge is -2.33. The molecule has 1 saturated heterocycles. The summed E-state index contributed by atoms with van der Waals surface area (Å²) in [5.74, 6) is -1.45. The molecule has 6 heteroatoms. The van der Waals surface area contributed by atoms with Crippen LogP contribution in [0.25, 0.3) is 0 Å². The highest BCUT2D eigenvalue weighted by molar-refractivity contribution is 5.94. The van der Waals surface area contributed by atoms with Crippen LogP contribution in [0.5, 0.6) is 0 Å². The van der Waals surface area contributed by atoms with Gasteiger partial charge in [-0.2, -0.15) is 0 Å². The van der Waals surface area contributed by atoms with E-state index >= 15 is 0 Å². The molecule has 1 heterocycles. The van der Waals surface area contributed by atoms with E-state index in [1.54, 1.807) is 0 Å². The van der Waals surface area contributed by atoms with Gasteiger partial charge in [-0.05, 0) is 18.1 Å². The number of benzene rings is 1. The van der Waals surface area contributed by atoms with Gasteiger partial charge >= 0.3 is 0 Å². The third kappa shape index (κ3) is 5.03. The molecule has 0 aromatic heterocycles. The van der Waals surface area contributed by atoms with Crippen molar-refractivity contribution in [3.8, 4) is 0 Å². The summed E-state index contributed by atoms with van der Waals surface area (Å²) in [6, 6.07) is 2.78. The van der Waals surface area contributed by atoms with Crippen molar-refractivity contribution >= 4 is 5.91 Å². The zero-order chi connectivity index (χ0) is 16.1. The minimum absolute atomic E-state index is 0.0210. The second-order valence-corrected chi connectivity index (χ2v) is 6.01. The van der Waals surface area contributed by atoms with E-state index < -0.39 is 17.5 Å². The Labute approximate surface area is 129 Å². The van der Waals surface area contributed by atoms with Gasteiger partial charge in [0.05, 0.1) is 12.7 Å². The monoisotopic (exact) mass is 312 g/mol. The maximum atomic E-state index is 13.1. The average Bonchev–Trinajstić information content (AvgIpc) is 2.43. The highest BCUT2D eigenvalue weighted by atomic mass is 19.1. The molecule has 1 aromatic rings. The van der Waals surface area contributed by atoms with Crippen molar-refractivity contribution in [2.45, 2.75) is 20.0 Å². The van der Waals surface area contributed by atoms with Crippen molar-refractivity contribution in [2.24, 2.45) is 5.92 Å². The van der Waals surface area contributed by atoms with Crippen molar-refractivity contribution in [1.82, 2.24) is 10.2 Å². The zero-order valence-electron chi connectivity index (χ0n) is 12.9. The Morgan fingerprint density at radius 2 is 2.05 bits per heavy atom. The van der Waals surface area contributed by atoms with Gasteiger partial charge in [0.1, 0.15) is 11.6 Å². The highest BCUT2D eigenvalue weighted by Crippen LogP contribution is 2.10. The number of carbonyl (C=O) groups excluding carboxylic acids is 1. The lowest BCUT2D eigenvalue weighted by molar-refractivity contribution is -0.0295. The molecule has 1 fully saturated rings. The number of rotatable bonds is 5. The topological polar surface area (TPSA) is 41.6 Å². The number of hydrogen-bond acceptors (Lipinski definition) is 3. The van der Waals surface area contributed by atoms with Crippen LogP contribution >= 0.6 is 0 Å². The number of morpholine rings is 1. The summed E-state index contributed by atoms with van der Waals surface area (Å²) < 4.78 is 31.8. The SMILES string of the molecule is CC(C)CN1CCO[C@H](CNC(=O)c2cc(F)cc(F)c2)C1. The summed E-state index contributed by atoms with van der Waals surface area (Å²) in [5, 5.41) is 2.67. The van der Waals surface area contributed by atoms with Crippen LogP contribution in [-0.4, -0.2) is 49.7 Å². The minimum atomic E-state index is -0.762. The predicted molar refractivity (Wildman–Crippen MR) is 79.7 cm³/mol. The van der Waals surface area contributed by atoms with Crippen LogP contribution in [0.4, 0.5) is 8.78 Å². The number of hydrogen-bond donors (Lipinski definition) is 1. The minimum Gasteiger partial charge on any atom is -0.374 e. The van der Waals surface area contributed by atoms with Gasteiger partial charge in [0.2, 0.25) is 0 Å². The maximum Gasteiger partial charge on any atom is 0.251 e. The van der Waals surface area contributed by atoms with Crippen molar-refractivity contribution in [1.29, 1.82) is 0 Å². The molecule has 0 saturated carbocycles. The third-order valence-corrected chi connectivity index (χ3v) is 3.46. The average molecular weight is 312 g/mol. The number of nitrogens with one attached hydrogen (secondary N) is 1. The van der Waals surface area contributed by atoms with Gasteiger partial charge in [-0.25, -0.2) is 8.78 Å². The third-order valence-electron chi connectivity index (χ3n) is 3.46. The summed E-state index contributed by atoms with van der Waals surface area (Å²) in [7, 11) is 0. The Balaban J connectivity index is 1.85. The number of ether oxygens (including phenoxy) is 1. The van der Waals surface area contributed by atoms with Gasteiger partial charge in [0.15, 0.2) is 0 Å². The second kappa shape index (κ2) is 7.65. The Kier molecular flexibility index (Phi) is 5.85. The first kappa shape index (κ1) is 16.8. The van der Waals surface area contributed by atoms with Crippen LogP contribution in [0.2, 0.25) is 0 Å². The van der Waals surface area contributed by atoms with Crippen LogP contribution in [-0.2, 0) is 4.74 Å². The second-order valence-electron chi connectivity index (χ2n) is 6.01. The van der Waals surface area contributed by atoms with E-state index in [1.165, 1.54) is 0 Å². The van der Waals surface area contributed by atoms with Crippen LogP contribution in [0.3, 0.4) is 0 Å². The van der Waals surface area contributed by atoms with Gasteiger partial charge in [-0.15, -0.1) is 0 Å². The summed E-state index contributed by atoms with van der Waals surface area (Å²) in [5.41, 5.74) is -0.0210. The maximum absolute atomic E-state index is 13.1. The summed E-state index contributed by atoms with van der Waals surface area (Å²) in [6.45, 7) is 7.89. The Morgan fingerprint density at radius 1 is 1.36 bits per heavy atom. The van der Waals surface area contributed by atoms with E-state index in [0.29, 0.717) is 19.1 Å². The van der Waals surface area contributed by atoms with Gasteiger partial charge in [0, 0.05) is 37.8 Å². The zero-order valence-corrected chi connectivity index (χ0v) is 12.9. The molecule has 1 aromatic carbocycles. The van der Waals surface area contributed by atoms with Crippen molar-refractivity contribution in [2.75, 3.05) is 32.8 Å². The summed E-state index contributed by atoms with van der Waals surface area (Å²) in [6.07, 6.45) is -0.102. The van der Waals surface area contributed by atoms with E-state index in [2.05, 4.69) is 24.1 Å². The van der Waals surface area contributed by atoms with E-state index in [-0.39, 0.29) is 11.7 Å². The molecule has 0 radical (unpaired) electrons. The predicted octanol–water partition coefficient (Wildman–Crippen LogP) is 2.05. The number of amides is 1. The highest BCUT2D eigenvalue weighted by Gasteiger charge is 2.21. The molecule has 1 N–H and O–H groups in total. The Morgan fingerprint density at radius 3 is 2.68 bits per heavy atom. The molecule has 0 unspecified atom stereocenters. The van der Waals surface area contributed by atoms with E-state index in [1.807, 2.05) is 0 Å². The number of carbonyl (C=O) groups is 1. The lowest BCUT2D eigenvalue weighted by atomic mass is 10.1. The molecule has 1 aliphatic rings. The molecular weight excluding hydrogens is 290 g/mol. The van der Waals surface area contributed by atoms with Gasteiger partial charge in [-0.1, -0.05) is 13.8 Å². The number of nitrogens with zero attached hydrogens (tertiary/aromatic N) is 1. The molecular formula is C16H22F2N2O2. The molecule has 4 nitrogen and oxygen atoms in total. The van der Waals surface area contributed by atoms with Crippen LogP contribution in [0, 0.1) is 17.6 Å². The smallest absolute Gasteiger partial charge is 0.251 e. The Bertz CT molecular complexity index is 503. The van der Waals surface area contributed by atoms with Crippen LogP contribution < -0.4 is 5.32 Å². The largest absolute Gasteiger partial charge is 0.374 e. The van der Waals surface area contributed by atoms with E-state index in [0.717, 1.165) is 37.8 Å². The molecule has 1 amide bonds. The molecule has 0 spiro atoms. The fourth-order valence-electron chi connectivity index (χ4n) is 2.58. The fraction of sp³-hybridized carbons (Fsp3) is 0.562. The molecule has 1 aliphatic heterocycles. The molecule has 0 aliphatic carbocycles. The molecule has 1 atom stereocenters. The van der Waals surface area contributed by atoms with Gasteiger partial charge in [0.25, 0.3) is 5.91 Å². The molecule has 22 heavy (non-hydrogen) atoms. The molecule has 0 bridgehead atoms. The number of halogens is 2. The van der Waals surface area contributed by atoms with E-state index in [9.17, 15) is 13.6 Å². The Hall–Kier alpha value is -1.53.